The van der Waals surface area contributed by atoms with E-state index >= 15 is 0 Å². The number of hydrogen-bond acceptors (Lipinski definition) is 4. The minimum Gasteiger partial charge on any atom is -0.327 e. The number of anilines is 1. The van der Waals surface area contributed by atoms with Crippen LogP contribution in [0.4, 0.5) is 5.69 Å². The van der Waals surface area contributed by atoms with E-state index in [9.17, 15) is 9.59 Å². The Morgan fingerprint density at radius 2 is 1.62 bits per heavy atom. The van der Waals surface area contributed by atoms with E-state index in [1.165, 1.54) is 5.01 Å². The van der Waals surface area contributed by atoms with Gasteiger partial charge in [-0.25, -0.2) is 10.0 Å². The maximum atomic E-state index is 13.1. The second kappa shape index (κ2) is 8.71. The summed E-state index contributed by atoms with van der Waals surface area (Å²) in [6, 6.07) is 17.3. The lowest BCUT2D eigenvalue weighted by atomic mass is 10.2. The van der Waals surface area contributed by atoms with Crippen LogP contribution in [0.5, 0.6) is 0 Å². The Balaban J connectivity index is 1.91. The highest BCUT2D eigenvalue weighted by Gasteiger charge is 2.43. The lowest BCUT2D eigenvalue weighted by molar-refractivity contribution is -0.113. The van der Waals surface area contributed by atoms with Gasteiger partial charge in [0.2, 0.25) is 3.79 Å². The zero-order chi connectivity index (χ0) is 21.2. The first kappa shape index (κ1) is 21.6. The average molecular weight is 454 g/mol. The Bertz CT molecular complexity index is 916. The van der Waals surface area contributed by atoms with Crippen molar-refractivity contribution in [2.24, 2.45) is 4.99 Å². The second-order valence-corrected chi connectivity index (χ2v) is 8.87. The zero-order valence-corrected chi connectivity index (χ0v) is 18.0. The first-order valence-corrected chi connectivity index (χ1v) is 9.96. The molecule has 2 aromatic rings. The molecule has 3 rings (SSSR count). The van der Waals surface area contributed by atoms with Crippen LogP contribution in [0.1, 0.15) is 17.3 Å². The van der Waals surface area contributed by atoms with E-state index in [4.69, 9.17) is 34.8 Å². The van der Waals surface area contributed by atoms with E-state index in [0.29, 0.717) is 11.3 Å². The normalized spacial score (nSPS) is 20.2. The summed E-state index contributed by atoms with van der Waals surface area (Å²) >= 11 is 18.2. The van der Waals surface area contributed by atoms with Crippen LogP contribution in [0.15, 0.2) is 65.7 Å². The number of benzene rings is 2. The van der Waals surface area contributed by atoms with Crippen molar-refractivity contribution in [1.29, 1.82) is 0 Å². The van der Waals surface area contributed by atoms with Gasteiger partial charge in [0, 0.05) is 12.6 Å². The Hall–Kier alpha value is -2.12. The van der Waals surface area contributed by atoms with E-state index in [2.05, 4.69) is 10.3 Å². The molecule has 1 heterocycles. The number of alkyl halides is 3. The predicted octanol–water partition coefficient (Wildman–Crippen LogP) is 3.84. The van der Waals surface area contributed by atoms with Gasteiger partial charge >= 0.3 is 0 Å². The van der Waals surface area contributed by atoms with Crippen LogP contribution in [0.2, 0.25) is 0 Å². The van der Waals surface area contributed by atoms with Crippen molar-refractivity contribution >= 4 is 58.0 Å². The van der Waals surface area contributed by atoms with Gasteiger partial charge in [-0.2, -0.15) is 0 Å². The summed E-state index contributed by atoms with van der Waals surface area (Å²) in [4.78, 5) is 29.9. The van der Waals surface area contributed by atoms with Crippen molar-refractivity contribution in [3.63, 3.8) is 0 Å². The summed E-state index contributed by atoms with van der Waals surface area (Å²) in [6.07, 6.45) is -1.24. The van der Waals surface area contributed by atoms with Crippen LogP contribution in [-0.2, 0) is 4.79 Å². The van der Waals surface area contributed by atoms with Gasteiger partial charge in [0.1, 0.15) is 5.71 Å². The Kier molecular flexibility index (Phi) is 6.49. The van der Waals surface area contributed by atoms with Gasteiger partial charge in [0.15, 0.2) is 6.17 Å². The Morgan fingerprint density at radius 3 is 2.17 bits per heavy atom. The number of aliphatic imine (C=N–C) groups is 1. The fourth-order valence-electron chi connectivity index (χ4n) is 2.94. The number of nitrogens with one attached hydrogen (secondary N) is 1. The topological polar surface area (TPSA) is 65.0 Å². The molecular weight excluding hydrogens is 435 g/mol. The van der Waals surface area contributed by atoms with E-state index < -0.39 is 15.9 Å². The molecule has 2 amide bonds. The fourth-order valence-corrected chi connectivity index (χ4v) is 3.25. The molecule has 2 unspecified atom stereocenters. The van der Waals surface area contributed by atoms with E-state index in [1.807, 2.05) is 37.3 Å². The number of hydrogen-bond donors (Lipinski definition) is 1. The first-order chi connectivity index (χ1) is 13.7. The molecule has 9 heteroatoms. The maximum absolute atomic E-state index is 13.1. The maximum Gasteiger partial charge on any atom is 0.288 e. The molecule has 0 radical (unpaired) electrons. The van der Waals surface area contributed by atoms with Gasteiger partial charge < -0.3 is 5.32 Å². The summed E-state index contributed by atoms with van der Waals surface area (Å²) in [6.45, 7) is 1.81. The Morgan fingerprint density at radius 1 is 1.07 bits per heavy atom. The molecule has 2 aromatic carbocycles. The highest BCUT2D eigenvalue weighted by molar-refractivity contribution is 6.68. The van der Waals surface area contributed by atoms with Gasteiger partial charge in [-0.15, -0.1) is 0 Å². The van der Waals surface area contributed by atoms with Crippen molar-refractivity contribution < 1.29 is 9.59 Å². The third-order valence-electron chi connectivity index (χ3n) is 4.57. The van der Waals surface area contributed by atoms with Crippen LogP contribution >= 0.6 is 34.8 Å². The summed E-state index contributed by atoms with van der Waals surface area (Å²) in [5.74, 6) is -0.808. The number of halogens is 3. The quantitative estimate of drug-likeness (QED) is 0.716. The number of carbonyl (C=O) groups is 2. The molecule has 0 saturated carbocycles. The van der Waals surface area contributed by atoms with Crippen LogP contribution in [-0.4, -0.2) is 45.6 Å². The Labute approximate surface area is 184 Å². The van der Waals surface area contributed by atoms with Gasteiger partial charge in [-0.05, 0) is 31.2 Å². The van der Waals surface area contributed by atoms with Gasteiger partial charge in [-0.1, -0.05) is 71.2 Å². The molecule has 0 bridgehead atoms. The SMILES string of the molecule is CC1C(=NC(NC(=O)c2ccccc2)C(Cl)(Cl)Cl)C(=O)N(c2ccccc2)N1C. The zero-order valence-electron chi connectivity index (χ0n) is 15.7. The first-order valence-electron chi connectivity index (χ1n) is 8.82. The van der Waals surface area contributed by atoms with E-state index in [0.717, 1.165) is 0 Å². The number of amides is 2. The van der Waals surface area contributed by atoms with Crippen molar-refractivity contribution in [2.45, 2.75) is 22.9 Å². The molecule has 1 N–H and O–H groups in total. The molecule has 6 nitrogen and oxygen atoms in total. The standard InChI is InChI=1S/C20H19Cl3N4O2/c1-13-16(18(29)27(26(13)2)15-11-7-4-8-12-15)24-19(20(21,22)23)25-17(28)14-9-5-3-6-10-14/h3-13,19H,1-2H3,(H,25,28). The molecule has 1 aliphatic heterocycles. The lowest BCUT2D eigenvalue weighted by Gasteiger charge is -2.25. The van der Waals surface area contributed by atoms with Crippen LogP contribution in [0.25, 0.3) is 0 Å². The summed E-state index contributed by atoms with van der Waals surface area (Å²) in [5.41, 5.74) is 1.26. The smallest absolute Gasteiger partial charge is 0.288 e. The number of rotatable bonds is 4. The summed E-state index contributed by atoms with van der Waals surface area (Å²) in [5, 5.41) is 5.84. The molecule has 29 heavy (non-hydrogen) atoms. The monoisotopic (exact) mass is 452 g/mol. The molecule has 0 spiro atoms. The van der Waals surface area contributed by atoms with E-state index in [-0.39, 0.29) is 17.7 Å². The summed E-state index contributed by atoms with van der Waals surface area (Å²) < 4.78 is -1.95. The van der Waals surface area contributed by atoms with Crippen molar-refractivity contribution in [3.05, 3.63) is 66.2 Å². The minimum atomic E-state index is -1.95. The van der Waals surface area contributed by atoms with Crippen LogP contribution in [0.3, 0.4) is 0 Å². The molecule has 1 fully saturated rings. The molecule has 152 valence electrons. The third kappa shape index (κ3) is 4.73. The van der Waals surface area contributed by atoms with E-state index in [1.54, 1.807) is 42.4 Å². The highest BCUT2D eigenvalue weighted by atomic mass is 35.6. The molecule has 0 aliphatic carbocycles. The highest BCUT2D eigenvalue weighted by Crippen LogP contribution is 2.33. The van der Waals surface area contributed by atoms with Crippen molar-refractivity contribution in [2.75, 3.05) is 12.1 Å². The van der Waals surface area contributed by atoms with Gasteiger partial charge in [0.25, 0.3) is 11.8 Å². The molecular formula is C20H19Cl3N4O2. The van der Waals surface area contributed by atoms with Crippen molar-refractivity contribution in [1.82, 2.24) is 10.3 Å². The molecule has 2 atom stereocenters. The lowest BCUT2D eigenvalue weighted by Crippen LogP contribution is -2.44. The third-order valence-corrected chi connectivity index (χ3v) is 5.19. The molecule has 1 saturated heterocycles. The van der Waals surface area contributed by atoms with Crippen LogP contribution in [0, 0.1) is 0 Å². The van der Waals surface area contributed by atoms with Gasteiger partial charge in [0.05, 0.1) is 11.7 Å². The summed E-state index contributed by atoms with van der Waals surface area (Å²) in [7, 11) is 1.77. The molecule has 0 aromatic heterocycles. The van der Waals surface area contributed by atoms with Crippen LogP contribution < -0.4 is 10.3 Å². The molecule has 1 aliphatic rings. The van der Waals surface area contributed by atoms with Gasteiger partial charge in [-0.3, -0.25) is 14.6 Å². The fraction of sp³-hybridized carbons (Fsp3) is 0.250. The average Bonchev–Trinajstić information content (AvgIpc) is 2.91. The number of hydrazine groups is 1. The number of para-hydroxylation sites is 1. The number of nitrogens with zero attached hydrogens (tertiary/aromatic N) is 3. The van der Waals surface area contributed by atoms with Crippen molar-refractivity contribution in [3.8, 4) is 0 Å². The predicted molar refractivity (Wildman–Crippen MR) is 117 cm³/mol. The number of carbonyl (C=O) groups excluding carboxylic acids is 2. The minimum absolute atomic E-state index is 0.182. The second-order valence-electron chi connectivity index (χ2n) is 6.50. The largest absolute Gasteiger partial charge is 0.327 e.